The van der Waals surface area contributed by atoms with Gasteiger partial charge in [0, 0.05) is 42.6 Å². The van der Waals surface area contributed by atoms with Gasteiger partial charge in [0.05, 0.1) is 5.52 Å². The van der Waals surface area contributed by atoms with Gasteiger partial charge < -0.3 is 20.3 Å². The minimum Gasteiger partial charge on any atom is -0.405 e. The molecule has 1 heterocycles. The third-order valence-corrected chi connectivity index (χ3v) is 7.16. The zero-order valence-electron chi connectivity index (χ0n) is 20.4. The number of hydrogen-bond acceptors (Lipinski definition) is 6. The Kier molecular flexibility index (Phi) is 8.56. The molecular weight excluding hydrogens is 535 g/mol. The first-order valence-corrected chi connectivity index (χ1v) is 12.9. The van der Waals surface area contributed by atoms with Crippen molar-refractivity contribution in [1.29, 1.82) is 0 Å². The number of alkyl halides is 3. The molecule has 2 aromatic carbocycles. The Morgan fingerprint density at radius 3 is 2.50 bits per heavy atom. The molecule has 10 heteroatoms. The van der Waals surface area contributed by atoms with E-state index in [1.165, 1.54) is 6.07 Å². The van der Waals surface area contributed by atoms with Crippen molar-refractivity contribution >= 4 is 38.6 Å². The lowest BCUT2D eigenvalue weighted by molar-refractivity contribution is -0.274. The second-order valence-corrected chi connectivity index (χ2v) is 10.3. The SMILES string of the molecule is CNc1nc(N(C)CC2CCC(CNCc3ccc(Br)cc3OC(F)(F)F)CC2)nc2ccccc12. The average molecular weight is 566 g/mol. The van der Waals surface area contributed by atoms with Crippen molar-refractivity contribution in [3.05, 3.63) is 52.5 Å². The summed E-state index contributed by atoms with van der Waals surface area (Å²) in [5.41, 5.74) is 1.41. The molecule has 1 aromatic heterocycles. The minimum absolute atomic E-state index is 0.173. The van der Waals surface area contributed by atoms with Crippen LogP contribution in [-0.2, 0) is 6.54 Å². The van der Waals surface area contributed by atoms with Crippen molar-refractivity contribution < 1.29 is 17.9 Å². The molecule has 1 aliphatic carbocycles. The zero-order chi connectivity index (χ0) is 25.7. The van der Waals surface area contributed by atoms with Crippen LogP contribution in [0.2, 0.25) is 0 Å². The molecule has 194 valence electrons. The Bertz CT molecular complexity index is 1170. The van der Waals surface area contributed by atoms with Gasteiger partial charge in [-0.15, -0.1) is 13.2 Å². The van der Waals surface area contributed by atoms with E-state index >= 15 is 0 Å². The molecule has 4 rings (SSSR count). The van der Waals surface area contributed by atoms with Crippen LogP contribution >= 0.6 is 15.9 Å². The fraction of sp³-hybridized carbons (Fsp3) is 0.462. The van der Waals surface area contributed by atoms with Crippen LogP contribution in [0.3, 0.4) is 0 Å². The van der Waals surface area contributed by atoms with Gasteiger partial charge in [-0.05, 0) is 68.3 Å². The first-order chi connectivity index (χ1) is 17.2. The molecule has 6 nitrogen and oxygen atoms in total. The number of fused-ring (bicyclic) bond motifs is 1. The summed E-state index contributed by atoms with van der Waals surface area (Å²) < 4.78 is 42.9. The van der Waals surface area contributed by atoms with E-state index in [1.807, 2.05) is 38.4 Å². The van der Waals surface area contributed by atoms with Crippen LogP contribution < -0.4 is 20.3 Å². The molecule has 0 radical (unpaired) electrons. The zero-order valence-corrected chi connectivity index (χ0v) is 22.0. The molecule has 36 heavy (non-hydrogen) atoms. The molecule has 3 aromatic rings. The standard InChI is InChI=1S/C26H31BrF3N5O/c1-31-24-21-5-3-4-6-22(21)33-25(34-24)35(2)16-18-9-7-17(8-10-18)14-32-15-19-11-12-20(27)13-23(19)36-26(28,29)30/h3-6,11-13,17-18,32H,7-10,14-16H2,1-2H3,(H,31,33,34). The Labute approximate surface area is 217 Å². The van der Waals surface area contributed by atoms with Crippen LogP contribution in [0.1, 0.15) is 31.2 Å². The highest BCUT2D eigenvalue weighted by molar-refractivity contribution is 9.10. The predicted octanol–water partition coefficient (Wildman–Crippen LogP) is 6.37. The van der Waals surface area contributed by atoms with Gasteiger partial charge in [0.15, 0.2) is 0 Å². The van der Waals surface area contributed by atoms with Gasteiger partial charge in [0.2, 0.25) is 5.95 Å². The maximum atomic E-state index is 12.7. The normalized spacial score (nSPS) is 18.3. The number of benzene rings is 2. The summed E-state index contributed by atoms with van der Waals surface area (Å²) >= 11 is 3.21. The molecule has 0 atom stereocenters. The number of nitrogens with one attached hydrogen (secondary N) is 2. The monoisotopic (exact) mass is 565 g/mol. The molecule has 1 aliphatic rings. The lowest BCUT2D eigenvalue weighted by Crippen LogP contribution is -2.32. The van der Waals surface area contributed by atoms with Crippen molar-refractivity contribution in [3.8, 4) is 5.75 Å². The van der Waals surface area contributed by atoms with Crippen molar-refractivity contribution in [2.75, 3.05) is 37.4 Å². The summed E-state index contributed by atoms with van der Waals surface area (Å²) in [5, 5.41) is 7.51. The average Bonchev–Trinajstić information content (AvgIpc) is 2.84. The summed E-state index contributed by atoms with van der Waals surface area (Å²) in [4.78, 5) is 11.6. The van der Waals surface area contributed by atoms with Crippen LogP contribution in [0.4, 0.5) is 24.9 Å². The molecule has 0 spiro atoms. The third-order valence-electron chi connectivity index (χ3n) is 6.67. The predicted molar refractivity (Wildman–Crippen MR) is 140 cm³/mol. The van der Waals surface area contributed by atoms with Gasteiger partial charge in [0.25, 0.3) is 0 Å². The lowest BCUT2D eigenvalue weighted by atomic mass is 9.81. The number of para-hydroxylation sites is 1. The lowest BCUT2D eigenvalue weighted by Gasteiger charge is -2.31. The van der Waals surface area contributed by atoms with Crippen LogP contribution in [0.15, 0.2) is 46.9 Å². The van der Waals surface area contributed by atoms with Gasteiger partial charge in [-0.25, -0.2) is 4.98 Å². The minimum atomic E-state index is -4.71. The number of aromatic nitrogens is 2. The van der Waals surface area contributed by atoms with Gasteiger partial charge in [0.1, 0.15) is 11.6 Å². The van der Waals surface area contributed by atoms with Gasteiger partial charge in [-0.1, -0.05) is 34.1 Å². The second kappa shape index (κ2) is 11.6. The third kappa shape index (κ3) is 7.00. The maximum absolute atomic E-state index is 12.7. The smallest absolute Gasteiger partial charge is 0.405 e. The first-order valence-electron chi connectivity index (χ1n) is 12.1. The highest BCUT2D eigenvalue weighted by Gasteiger charge is 2.32. The van der Waals surface area contributed by atoms with Gasteiger partial charge in [-0.3, -0.25) is 0 Å². The summed E-state index contributed by atoms with van der Waals surface area (Å²) in [6.07, 6.45) is -0.350. The Morgan fingerprint density at radius 2 is 1.78 bits per heavy atom. The van der Waals surface area contributed by atoms with Crippen molar-refractivity contribution in [1.82, 2.24) is 15.3 Å². The second-order valence-electron chi connectivity index (χ2n) is 9.34. The summed E-state index contributed by atoms with van der Waals surface area (Å²) in [5.74, 6) is 2.42. The maximum Gasteiger partial charge on any atom is 0.573 e. The Balaban J connectivity index is 1.26. The number of halogens is 4. The molecule has 0 bridgehead atoms. The molecule has 2 N–H and O–H groups in total. The van der Waals surface area contributed by atoms with Crippen molar-refractivity contribution in [3.63, 3.8) is 0 Å². The summed E-state index contributed by atoms with van der Waals surface area (Å²) in [7, 11) is 3.91. The highest BCUT2D eigenvalue weighted by atomic mass is 79.9. The molecule has 1 saturated carbocycles. The van der Waals surface area contributed by atoms with Crippen LogP contribution in [0.5, 0.6) is 5.75 Å². The summed E-state index contributed by atoms with van der Waals surface area (Å²) in [6.45, 7) is 1.98. The van der Waals surface area contributed by atoms with Crippen molar-refractivity contribution in [2.24, 2.45) is 11.8 Å². The molecule has 1 fully saturated rings. The van der Waals surface area contributed by atoms with Crippen molar-refractivity contribution in [2.45, 2.75) is 38.6 Å². The largest absolute Gasteiger partial charge is 0.573 e. The fourth-order valence-electron chi connectivity index (χ4n) is 4.82. The fourth-order valence-corrected chi connectivity index (χ4v) is 5.16. The van der Waals surface area contributed by atoms with E-state index in [0.717, 1.165) is 55.5 Å². The Hall–Kier alpha value is -2.59. The van der Waals surface area contributed by atoms with E-state index in [2.05, 4.69) is 36.2 Å². The van der Waals surface area contributed by atoms with E-state index in [0.29, 0.717) is 34.4 Å². The first kappa shape index (κ1) is 26.5. The van der Waals surface area contributed by atoms with E-state index < -0.39 is 6.36 Å². The number of anilines is 2. The molecule has 0 aliphatic heterocycles. The number of hydrogen-bond donors (Lipinski definition) is 2. The number of rotatable bonds is 9. The molecule has 0 saturated heterocycles. The number of ether oxygens (including phenoxy) is 1. The van der Waals surface area contributed by atoms with Gasteiger partial charge in [-0.2, -0.15) is 4.98 Å². The van der Waals surface area contributed by atoms with E-state index in [9.17, 15) is 13.2 Å². The van der Waals surface area contributed by atoms with E-state index in [-0.39, 0.29) is 5.75 Å². The molecule has 0 unspecified atom stereocenters. The van der Waals surface area contributed by atoms with Gasteiger partial charge >= 0.3 is 6.36 Å². The van der Waals surface area contributed by atoms with Crippen LogP contribution in [-0.4, -0.2) is 43.5 Å². The summed E-state index contributed by atoms with van der Waals surface area (Å²) in [6, 6.07) is 12.7. The molecular formula is C26H31BrF3N5O. The Morgan fingerprint density at radius 1 is 1.06 bits per heavy atom. The van der Waals surface area contributed by atoms with E-state index in [4.69, 9.17) is 9.97 Å². The quantitative estimate of drug-likeness (QED) is 0.314. The molecule has 0 amide bonds. The van der Waals surface area contributed by atoms with Crippen LogP contribution in [0, 0.1) is 11.8 Å². The number of nitrogens with zero attached hydrogens (tertiary/aromatic N) is 3. The van der Waals surface area contributed by atoms with Crippen LogP contribution in [0.25, 0.3) is 10.9 Å². The van der Waals surface area contributed by atoms with E-state index in [1.54, 1.807) is 12.1 Å². The highest BCUT2D eigenvalue weighted by Crippen LogP contribution is 2.32. The topological polar surface area (TPSA) is 62.3 Å².